The van der Waals surface area contributed by atoms with Gasteiger partial charge >= 0.3 is 0 Å². The molecule has 130 valence electrons. The minimum atomic E-state index is -1.28. The number of ether oxygens (including phenoxy) is 1. The molecule has 0 bridgehead atoms. The summed E-state index contributed by atoms with van der Waals surface area (Å²) in [5.41, 5.74) is 5.49. The highest BCUT2D eigenvalue weighted by Gasteiger charge is 2.45. The van der Waals surface area contributed by atoms with Crippen molar-refractivity contribution in [1.82, 2.24) is 19.5 Å². The van der Waals surface area contributed by atoms with Crippen LogP contribution < -0.4 is 11.3 Å². The maximum atomic E-state index is 12.1. The smallest absolute Gasteiger partial charge is 0.280 e. The molecule has 24 heavy (non-hydrogen) atoms. The third-order valence-electron chi connectivity index (χ3n) is 4.84. The van der Waals surface area contributed by atoms with E-state index in [1.807, 2.05) is 0 Å². The van der Waals surface area contributed by atoms with Gasteiger partial charge in [0.1, 0.15) is 24.1 Å². The van der Waals surface area contributed by atoms with Gasteiger partial charge in [0.15, 0.2) is 17.4 Å². The van der Waals surface area contributed by atoms with Gasteiger partial charge in [-0.3, -0.25) is 14.3 Å². The number of aliphatic hydroxyl groups excluding tert-OH is 3. The Kier molecular flexibility index (Phi) is 3.57. The van der Waals surface area contributed by atoms with Crippen LogP contribution in [-0.2, 0) is 4.74 Å². The molecular weight excluding hydrogens is 318 g/mol. The standard InChI is InChI=1S/C14H19N5O5/c15-14-17-11-7(12(23)18-14)16-10(5-2-1-3-5)19(11)13-9(22)8(21)6(4-20)24-13/h5-6,8-9,13,20-22H,1-4H2,(H3,15,17,18,23)/t6-,8-,9-,13-/m1/s1. The fourth-order valence-corrected chi connectivity index (χ4v) is 3.32. The Balaban J connectivity index is 1.91. The van der Waals surface area contributed by atoms with Crippen LogP contribution >= 0.6 is 0 Å². The summed E-state index contributed by atoms with van der Waals surface area (Å²) in [5, 5.41) is 29.7. The minimum absolute atomic E-state index is 0.0689. The van der Waals surface area contributed by atoms with Crippen LogP contribution in [0.25, 0.3) is 11.2 Å². The summed E-state index contributed by atoms with van der Waals surface area (Å²) in [6, 6.07) is 0. The van der Waals surface area contributed by atoms with Crippen LogP contribution in [0.3, 0.4) is 0 Å². The Morgan fingerprint density at radius 1 is 1.29 bits per heavy atom. The average molecular weight is 337 g/mol. The van der Waals surface area contributed by atoms with Gasteiger partial charge in [-0.05, 0) is 12.8 Å². The van der Waals surface area contributed by atoms with E-state index in [1.54, 1.807) is 0 Å². The number of hydrogen-bond donors (Lipinski definition) is 5. The summed E-state index contributed by atoms with van der Waals surface area (Å²) in [5.74, 6) is 0.635. The van der Waals surface area contributed by atoms with Gasteiger partial charge in [-0.15, -0.1) is 0 Å². The first-order valence-electron chi connectivity index (χ1n) is 7.91. The average Bonchev–Trinajstić information content (AvgIpc) is 2.97. The van der Waals surface area contributed by atoms with E-state index in [9.17, 15) is 20.1 Å². The molecule has 2 aromatic heterocycles. The first-order chi connectivity index (χ1) is 11.5. The number of aromatic nitrogens is 4. The van der Waals surface area contributed by atoms with Crippen LogP contribution in [0.5, 0.6) is 0 Å². The van der Waals surface area contributed by atoms with E-state index >= 15 is 0 Å². The molecule has 2 aromatic rings. The lowest BCUT2D eigenvalue weighted by Gasteiger charge is -2.28. The first kappa shape index (κ1) is 15.5. The summed E-state index contributed by atoms with van der Waals surface area (Å²) in [7, 11) is 0. The monoisotopic (exact) mass is 337 g/mol. The van der Waals surface area contributed by atoms with E-state index in [2.05, 4.69) is 15.0 Å². The van der Waals surface area contributed by atoms with Gasteiger partial charge < -0.3 is 25.8 Å². The summed E-state index contributed by atoms with van der Waals surface area (Å²) in [4.78, 5) is 23.1. The molecule has 0 radical (unpaired) electrons. The molecule has 6 N–H and O–H groups in total. The molecule has 0 unspecified atom stereocenters. The molecule has 4 rings (SSSR count). The number of nitrogen functional groups attached to an aromatic ring is 1. The quantitative estimate of drug-likeness (QED) is 0.456. The second kappa shape index (κ2) is 5.52. The zero-order valence-electron chi connectivity index (χ0n) is 12.8. The largest absolute Gasteiger partial charge is 0.394 e. The van der Waals surface area contributed by atoms with E-state index in [-0.39, 0.29) is 23.0 Å². The minimum Gasteiger partial charge on any atom is -0.394 e. The van der Waals surface area contributed by atoms with Gasteiger partial charge in [0.2, 0.25) is 5.95 Å². The van der Waals surface area contributed by atoms with Gasteiger partial charge in [0, 0.05) is 5.92 Å². The van der Waals surface area contributed by atoms with E-state index in [1.165, 1.54) is 4.57 Å². The highest BCUT2D eigenvalue weighted by atomic mass is 16.6. The van der Waals surface area contributed by atoms with E-state index in [0.29, 0.717) is 5.82 Å². The summed E-state index contributed by atoms with van der Waals surface area (Å²) < 4.78 is 7.14. The van der Waals surface area contributed by atoms with E-state index in [4.69, 9.17) is 10.5 Å². The maximum Gasteiger partial charge on any atom is 0.280 e. The molecule has 0 spiro atoms. The zero-order chi connectivity index (χ0) is 17.0. The van der Waals surface area contributed by atoms with Crippen molar-refractivity contribution in [3.05, 3.63) is 16.2 Å². The van der Waals surface area contributed by atoms with Crippen molar-refractivity contribution in [2.75, 3.05) is 12.3 Å². The summed E-state index contributed by atoms with van der Waals surface area (Å²) in [6.07, 6.45) is -1.57. The van der Waals surface area contributed by atoms with Crippen LogP contribution in [-0.4, -0.2) is 59.8 Å². The van der Waals surface area contributed by atoms with Crippen LogP contribution in [0.4, 0.5) is 5.95 Å². The number of aromatic amines is 1. The fraction of sp³-hybridized carbons (Fsp3) is 0.643. The number of fused-ring (bicyclic) bond motifs is 1. The Morgan fingerprint density at radius 2 is 2.04 bits per heavy atom. The highest BCUT2D eigenvalue weighted by Crippen LogP contribution is 2.40. The Labute approximate surface area is 135 Å². The second-order valence-corrected chi connectivity index (χ2v) is 6.32. The third-order valence-corrected chi connectivity index (χ3v) is 4.84. The zero-order valence-corrected chi connectivity index (χ0v) is 12.8. The van der Waals surface area contributed by atoms with Crippen molar-refractivity contribution in [2.24, 2.45) is 0 Å². The van der Waals surface area contributed by atoms with Crippen molar-refractivity contribution in [1.29, 1.82) is 0 Å². The molecule has 1 saturated heterocycles. The predicted octanol–water partition coefficient (Wildman–Crippen LogP) is -1.42. The number of nitrogens with zero attached hydrogens (tertiary/aromatic N) is 3. The first-order valence-corrected chi connectivity index (χ1v) is 7.91. The van der Waals surface area contributed by atoms with Crippen LogP contribution in [0.2, 0.25) is 0 Å². The number of hydrogen-bond acceptors (Lipinski definition) is 8. The molecule has 2 fully saturated rings. The van der Waals surface area contributed by atoms with E-state index < -0.39 is 36.7 Å². The maximum absolute atomic E-state index is 12.1. The third kappa shape index (κ3) is 2.14. The summed E-state index contributed by atoms with van der Waals surface area (Å²) >= 11 is 0. The topological polar surface area (TPSA) is 160 Å². The van der Waals surface area contributed by atoms with Gasteiger partial charge in [-0.2, -0.15) is 4.98 Å². The highest BCUT2D eigenvalue weighted by molar-refractivity contribution is 5.72. The Hall–Kier alpha value is -2.01. The van der Waals surface area contributed by atoms with Crippen molar-refractivity contribution < 1.29 is 20.1 Å². The number of nitrogens with two attached hydrogens (primary N) is 1. The van der Waals surface area contributed by atoms with Crippen LogP contribution in [0.15, 0.2) is 4.79 Å². The molecular formula is C14H19N5O5. The number of anilines is 1. The second-order valence-electron chi connectivity index (χ2n) is 6.32. The number of aliphatic hydroxyl groups is 3. The van der Waals surface area contributed by atoms with Crippen LogP contribution in [0.1, 0.15) is 37.2 Å². The molecule has 4 atom stereocenters. The van der Waals surface area contributed by atoms with Crippen molar-refractivity contribution >= 4 is 17.1 Å². The lowest BCUT2D eigenvalue weighted by atomic mass is 9.84. The van der Waals surface area contributed by atoms with Gasteiger partial charge in [-0.25, -0.2) is 4.98 Å². The molecule has 0 amide bonds. The molecule has 1 saturated carbocycles. The number of nitrogens with one attached hydrogen (secondary N) is 1. The normalized spacial score (nSPS) is 30.8. The molecule has 0 aromatic carbocycles. The lowest BCUT2D eigenvalue weighted by molar-refractivity contribution is -0.0530. The Bertz CT molecular complexity index is 829. The SMILES string of the molecule is Nc1nc2c(nc(C3CCC3)n2[C@@H]2O[C@H](CO)[C@@H](O)[C@H]2O)c(=O)[nH]1. The van der Waals surface area contributed by atoms with Gasteiger partial charge in [-0.1, -0.05) is 6.42 Å². The molecule has 10 nitrogen and oxygen atoms in total. The van der Waals surface area contributed by atoms with Crippen LogP contribution in [0, 0.1) is 0 Å². The number of imidazole rings is 1. The predicted molar refractivity (Wildman–Crippen MR) is 82.2 cm³/mol. The van der Waals surface area contributed by atoms with E-state index in [0.717, 1.165) is 19.3 Å². The molecule has 1 aliphatic carbocycles. The number of rotatable bonds is 3. The van der Waals surface area contributed by atoms with Crippen molar-refractivity contribution in [2.45, 2.75) is 49.7 Å². The lowest BCUT2D eigenvalue weighted by Crippen LogP contribution is -2.33. The Morgan fingerprint density at radius 3 is 2.62 bits per heavy atom. The summed E-state index contributed by atoms with van der Waals surface area (Å²) in [6.45, 7) is -0.434. The van der Waals surface area contributed by atoms with Gasteiger partial charge in [0.05, 0.1) is 6.61 Å². The number of H-pyrrole nitrogens is 1. The van der Waals surface area contributed by atoms with Crippen molar-refractivity contribution in [3.8, 4) is 0 Å². The molecule has 3 heterocycles. The van der Waals surface area contributed by atoms with Gasteiger partial charge in [0.25, 0.3) is 5.56 Å². The molecule has 10 heteroatoms. The molecule has 2 aliphatic rings. The van der Waals surface area contributed by atoms with Crippen molar-refractivity contribution in [3.63, 3.8) is 0 Å². The molecule has 1 aliphatic heterocycles. The fourth-order valence-electron chi connectivity index (χ4n) is 3.32.